The number of hydrogen-bond acceptors (Lipinski definition) is 4. The highest BCUT2D eigenvalue weighted by atomic mass is 28.3. The topological polar surface area (TPSA) is 77.8 Å². The molecular formula is C26H38O4Si. The van der Waals surface area contributed by atoms with Crippen LogP contribution in [0.4, 0.5) is 0 Å². The minimum Gasteiger partial charge on any atom is -0.396 e. The van der Waals surface area contributed by atoms with Crippen molar-refractivity contribution in [3.63, 3.8) is 0 Å². The summed E-state index contributed by atoms with van der Waals surface area (Å²) in [5, 5.41) is 34.7. The fourth-order valence-electron chi connectivity index (χ4n) is 4.66. The van der Waals surface area contributed by atoms with E-state index in [1.165, 1.54) is 0 Å². The summed E-state index contributed by atoms with van der Waals surface area (Å²) in [4.78, 5) is 12.5. The van der Waals surface area contributed by atoms with Crippen LogP contribution in [0.5, 0.6) is 0 Å². The van der Waals surface area contributed by atoms with Crippen LogP contribution >= 0.6 is 0 Å². The number of ketones is 1. The van der Waals surface area contributed by atoms with Gasteiger partial charge in [0.15, 0.2) is 13.9 Å². The van der Waals surface area contributed by atoms with E-state index in [4.69, 9.17) is 0 Å². The van der Waals surface area contributed by atoms with Crippen molar-refractivity contribution in [2.75, 3.05) is 0 Å². The second-order valence-corrected chi connectivity index (χ2v) is 15.6. The fourth-order valence-corrected chi connectivity index (χ4v) is 10.6. The molecule has 0 saturated carbocycles. The first kappa shape index (κ1) is 25.5. The van der Waals surface area contributed by atoms with Crippen molar-refractivity contribution in [2.24, 2.45) is 5.41 Å². The zero-order chi connectivity index (χ0) is 23.4. The zero-order valence-electron chi connectivity index (χ0n) is 19.7. The maximum Gasteiger partial charge on any atom is 0.164 e. The van der Waals surface area contributed by atoms with E-state index in [-0.39, 0.29) is 17.9 Å². The molecule has 0 aromatic heterocycles. The maximum absolute atomic E-state index is 12.5. The molecule has 0 spiro atoms. The number of rotatable bonds is 8. The SMILES string of the molecule is CC(C)(C)C(O)C(=O)CC(O)CC(O)[Si](c1ccccc1)(c1ccccc1)C(C)(C)C. The largest absolute Gasteiger partial charge is 0.396 e. The van der Waals surface area contributed by atoms with Crippen LogP contribution in [-0.4, -0.2) is 47.1 Å². The van der Waals surface area contributed by atoms with Crippen molar-refractivity contribution in [3.05, 3.63) is 60.7 Å². The fraction of sp³-hybridized carbons (Fsp3) is 0.500. The number of benzene rings is 2. The Morgan fingerprint density at radius 2 is 1.23 bits per heavy atom. The third-order valence-corrected chi connectivity index (χ3v) is 12.3. The number of hydrogen-bond donors (Lipinski definition) is 3. The van der Waals surface area contributed by atoms with Gasteiger partial charge in [-0.2, -0.15) is 0 Å². The average molecular weight is 443 g/mol. The normalized spacial score (nSPS) is 15.9. The van der Waals surface area contributed by atoms with Crippen molar-refractivity contribution >= 4 is 24.2 Å². The van der Waals surface area contributed by atoms with E-state index >= 15 is 0 Å². The van der Waals surface area contributed by atoms with Crippen molar-refractivity contribution in [1.29, 1.82) is 0 Å². The molecule has 0 saturated heterocycles. The Bertz CT molecular complexity index is 798. The number of Topliss-reactive ketones (excluding diaryl/α,β-unsaturated/α-hetero) is 1. The van der Waals surface area contributed by atoms with E-state index in [9.17, 15) is 20.1 Å². The van der Waals surface area contributed by atoms with E-state index in [1.54, 1.807) is 20.8 Å². The van der Waals surface area contributed by atoms with E-state index in [0.29, 0.717) is 0 Å². The standard InChI is InChI=1S/C26H38O4Si/c1-25(2,3)24(30)22(28)17-19(27)18-23(29)31(26(4,5)6,20-13-9-7-10-14-20)21-15-11-8-12-16-21/h7-16,19,23-24,27,29-30H,17-18H2,1-6H3. The summed E-state index contributed by atoms with van der Waals surface area (Å²) in [6.07, 6.45) is -2.27. The first-order valence-electron chi connectivity index (χ1n) is 11.0. The predicted octanol–water partition coefficient (Wildman–Crippen LogP) is 3.07. The van der Waals surface area contributed by atoms with Crippen LogP contribution in [0.2, 0.25) is 5.04 Å². The molecule has 170 valence electrons. The lowest BCUT2D eigenvalue weighted by Crippen LogP contribution is -2.72. The summed E-state index contributed by atoms with van der Waals surface area (Å²) in [6.45, 7) is 11.8. The monoisotopic (exact) mass is 442 g/mol. The average Bonchev–Trinajstić information content (AvgIpc) is 2.67. The Kier molecular flexibility index (Phi) is 8.03. The molecule has 0 aliphatic carbocycles. The van der Waals surface area contributed by atoms with Gasteiger partial charge in [0.1, 0.15) is 6.10 Å². The first-order valence-corrected chi connectivity index (χ1v) is 13.1. The lowest BCUT2D eigenvalue weighted by atomic mass is 9.85. The van der Waals surface area contributed by atoms with Crippen LogP contribution in [0.15, 0.2) is 60.7 Å². The van der Waals surface area contributed by atoms with Gasteiger partial charge in [-0.15, -0.1) is 0 Å². The van der Waals surface area contributed by atoms with E-state index < -0.39 is 37.2 Å². The molecule has 2 aromatic rings. The van der Waals surface area contributed by atoms with Crippen molar-refractivity contribution < 1.29 is 20.1 Å². The first-order chi connectivity index (χ1) is 14.3. The number of aliphatic hydroxyl groups is 3. The van der Waals surface area contributed by atoms with E-state index in [0.717, 1.165) is 10.4 Å². The Labute approximate surface area is 188 Å². The number of aliphatic hydroxyl groups excluding tert-OH is 3. The van der Waals surface area contributed by atoms with Crippen LogP contribution in [0.1, 0.15) is 54.4 Å². The molecule has 0 bridgehead atoms. The Balaban J connectivity index is 2.44. The lowest BCUT2D eigenvalue weighted by Gasteiger charge is -2.47. The van der Waals surface area contributed by atoms with Crippen LogP contribution in [0, 0.1) is 5.41 Å². The Morgan fingerprint density at radius 3 is 1.58 bits per heavy atom. The number of carbonyl (C=O) groups is 1. The molecule has 0 heterocycles. The summed E-state index contributed by atoms with van der Waals surface area (Å²) in [5.41, 5.74) is -1.40. The molecule has 2 aromatic carbocycles. The highest BCUT2D eigenvalue weighted by Gasteiger charge is 2.53. The summed E-state index contributed by atoms with van der Waals surface area (Å²) in [5.74, 6) is -0.394. The molecule has 2 rings (SSSR count). The maximum atomic E-state index is 12.5. The van der Waals surface area contributed by atoms with Gasteiger partial charge in [-0.1, -0.05) is 113 Å². The predicted molar refractivity (Wildman–Crippen MR) is 129 cm³/mol. The third-order valence-electron chi connectivity index (χ3n) is 6.20. The molecule has 0 fully saturated rings. The molecule has 0 aliphatic rings. The van der Waals surface area contributed by atoms with Gasteiger partial charge in [0.05, 0.1) is 11.8 Å². The van der Waals surface area contributed by atoms with E-state index in [1.807, 2.05) is 36.4 Å². The van der Waals surface area contributed by atoms with Gasteiger partial charge in [0, 0.05) is 6.42 Å². The smallest absolute Gasteiger partial charge is 0.164 e. The molecule has 3 atom stereocenters. The second-order valence-electron chi connectivity index (χ2n) is 10.6. The molecule has 0 radical (unpaired) electrons. The third kappa shape index (κ3) is 5.53. The van der Waals surface area contributed by atoms with Gasteiger partial charge in [0.2, 0.25) is 0 Å². The minimum absolute atomic E-state index is 0.0792. The van der Waals surface area contributed by atoms with Gasteiger partial charge < -0.3 is 15.3 Å². The van der Waals surface area contributed by atoms with Crippen LogP contribution in [0.25, 0.3) is 0 Å². The van der Waals surface area contributed by atoms with Gasteiger partial charge in [-0.3, -0.25) is 4.79 Å². The second kappa shape index (κ2) is 9.78. The van der Waals surface area contributed by atoms with Gasteiger partial charge in [-0.25, -0.2) is 0 Å². The van der Waals surface area contributed by atoms with Crippen molar-refractivity contribution in [1.82, 2.24) is 0 Å². The molecule has 0 aliphatic heterocycles. The highest BCUT2D eigenvalue weighted by Crippen LogP contribution is 2.39. The van der Waals surface area contributed by atoms with Crippen LogP contribution in [0.3, 0.4) is 0 Å². The molecule has 0 amide bonds. The molecular weight excluding hydrogens is 404 g/mol. The van der Waals surface area contributed by atoms with Gasteiger partial charge in [0.25, 0.3) is 0 Å². The Morgan fingerprint density at radius 1 is 0.806 bits per heavy atom. The molecule has 4 nitrogen and oxygen atoms in total. The summed E-state index contributed by atoms with van der Waals surface area (Å²) in [6, 6.07) is 20.1. The zero-order valence-corrected chi connectivity index (χ0v) is 20.7. The summed E-state index contributed by atoms with van der Waals surface area (Å²) in [7, 11) is -2.81. The van der Waals surface area contributed by atoms with Gasteiger partial charge >= 0.3 is 0 Å². The quantitative estimate of drug-likeness (QED) is 0.549. The number of carbonyl (C=O) groups excluding carboxylic acids is 1. The Hall–Kier alpha value is -1.79. The molecule has 31 heavy (non-hydrogen) atoms. The van der Waals surface area contributed by atoms with Crippen LogP contribution < -0.4 is 10.4 Å². The highest BCUT2D eigenvalue weighted by molar-refractivity contribution is 7.05. The summed E-state index contributed by atoms with van der Waals surface area (Å²) < 4.78 is 0. The lowest BCUT2D eigenvalue weighted by molar-refractivity contribution is -0.134. The van der Waals surface area contributed by atoms with Crippen molar-refractivity contribution in [2.45, 2.75) is 77.4 Å². The molecule has 5 heteroatoms. The minimum atomic E-state index is -2.81. The molecule has 3 unspecified atom stereocenters. The van der Waals surface area contributed by atoms with E-state index in [2.05, 4.69) is 45.0 Å². The van der Waals surface area contributed by atoms with Crippen molar-refractivity contribution in [3.8, 4) is 0 Å². The molecule has 3 N–H and O–H groups in total. The summed E-state index contributed by atoms with van der Waals surface area (Å²) >= 11 is 0. The van der Waals surface area contributed by atoms with Crippen LogP contribution in [-0.2, 0) is 4.79 Å². The van der Waals surface area contributed by atoms with Gasteiger partial charge in [-0.05, 0) is 16.9 Å².